The minimum absolute atomic E-state index is 0.0166. The van der Waals surface area contributed by atoms with Crippen molar-refractivity contribution < 1.29 is 9.72 Å². The number of carbonyl (C=O) groups excluding carboxylic acids is 1. The number of amides is 1. The van der Waals surface area contributed by atoms with Gasteiger partial charge in [-0.15, -0.1) is 10.2 Å². The summed E-state index contributed by atoms with van der Waals surface area (Å²) < 4.78 is 0.754. The molecule has 1 N–H and O–H groups in total. The van der Waals surface area contributed by atoms with Crippen LogP contribution < -0.4 is 5.32 Å². The van der Waals surface area contributed by atoms with E-state index in [2.05, 4.69) is 15.5 Å². The zero-order valence-corrected chi connectivity index (χ0v) is 15.3. The van der Waals surface area contributed by atoms with Crippen LogP contribution in [0.3, 0.4) is 0 Å². The van der Waals surface area contributed by atoms with Gasteiger partial charge in [-0.2, -0.15) is 0 Å². The van der Waals surface area contributed by atoms with Crippen molar-refractivity contribution in [3.05, 3.63) is 75.3 Å². The number of thioether (sulfide) groups is 1. The van der Waals surface area contributed by atoms with Crippen molar-refractivity contribution in [1.82, 2.24) is 10.2 Å². The summed E-state index contributed by atoms with van der Waals surface area (Å²) in [5.41, 5.74) is 1.93. The van der Waals surface area contributed by atoms with E-state index in [4.69, 9.17) is 0 Å². The maximum atomic E-state index is 12.3. The number of rotatable bonds is 6. The number of nitro groups is 1. The number of hydrogen-bond acceptors (Lipinski definition) is 7. The molecule has 0 saturated carbocycles. The monoisotopic (exact) mass is 386 g/mol. The van der Waals surface area contributed by atoms with Crippen molar-refractivity contribution in [3.8, 4) is 0 Å². The summed E-state index contributed by atoms with van der Waals surface area (Å²) in [6.45, 7) is 1.60. The Hall–Kier alpha value is -2.78. The van der Waals surface area contributed by atoms with Crippen molar-refractivity contribution in [1.29, 1.82) is 0 Å². The molecule has 3 rings (SSSR count). The highest BCUT2D eigenvalue weighted by Gasteiger charge is 2.15. The summed E-state index contributed by atoms with van der Waals surface area (Å²) in [6, 6.07) is 14.2. The Bertz CT molecular complexity index is 944. The summed E-state index contributed by atoms with van der Waals surface area (Å²) >= 11 is 2.83. The lowest BCUT2D eigenvalue weighted by molar-refractivity contribution is -0.385. The molecule has 7 nitrogen and oxygen atoms in total. The number of benzene rings is 2. The van der Waals surface area contributed by atoms with Crippen LogP contribution in [-0.4, -0.2) is 21.0 Å². The van der Waals surface area contributed by atoms with Gasteiger partial charge in [0, 0.05) is 22.9 Å². The van der Waals surface area contributed by atoms with Gasteiger partial charge in [0.15, 0.2) is 4.34 Å². The average molecular weight is 386 g/mol. The van der Waals surface area contributed by atoms with Crippen LogP contribution in [0, 0.1) is 17.0 Å². The first kappa shape index (κ1) is 18.0. The summed E-state index contributed by atoms with van der Waals surface area (Å²) in [6.07, 6.45) is 0. The number of nitrogens with zero attached hydrogens (tertiary/aromatic N) is 3. The number of nitrogens with one attached hydrogen (secondary N) is 1. The van der Waals surface area contributed by atoms with Crippen molar-refractivity contribution in [3.63, 3.8) is 0 Å². The highest BCUT2D eigenvalue weighted by Crippen LogP contribution is 2.28. The van der Waals surface area contributed by atoms with Crippen molar-refractivity contribution >= 4 is 39.8 Å². The summed E-state index contributed by atoms with van der Waals surface area (Å²) in [5, 5.41) is 21.9. The van der Waals surface area contributed by atoms with E-state index in [-0.39, 0.29) is 11.6 Å². The van der Waals surface area contributed by atoms with E-state index in [1.54, 1.807) is 18.7 Å². The topological polar surface area (TPSA) is 98.0 Å². The number of nitro benzene ring substituents is 1. The fraction of sp³-hybridized carbons (Fsp3) is 0.118. The lowest BCUT2D eigenvalue weighted by Crippen LogP contribution is -2.12. The third-order valence-corrected chi connectivity index (χ3v) is 5.53. The number of aromatic nitrogens is 2. The van der Waals surface area contributed by atoms with Gasteiger partial charge in [0.2, 0.25) is 5.13 Å². The molecule has 9 heteroatoms. The molecule has 0 aliphatic heterocycles. The summed E-state index contributed by atoms with van der Waals surface area (Å²) in [4.78, 5) is 22.7. The van der Waals surface area contributed by atoms with Crippen LogP contribution in [0.4, 0.5) is 10.8 Å². The van der Waals surface area contributed by atoms with Crippen LogP contribution in [-0.2, 0) is 5.75 Å². The largest absolute Gasteiger partial charge is 0.296 e. The molecule has 3 aromatic rings. The molecule has 0 bridgehead atoms. The summed E-state index contributed by atoms with van der Waals surface area (Å²) in [5.74, 6) is 0.393. The minimum atomic E-state index is -0.474. The van der Waals surface area contributed by atoms with E-state index in [0.29, 0.717) is 16.3 Å². The molecule has 0 aliphatic carbocycles. The standard InChI is InChI=1S/C17H14N4O3S2/c1-11-9-13(7-8-14(11)21(23)24)15(22)18-16-19-20-17(26-16)25-10-12-5-3-2-4-6-12/h2-9H,10H2,1H3,(H,18,19,22). The molecule has 0 atom stereocenters. The van der Waals surface area contributed by atoms with Crippen molar-refractivity contribution in [2.45, 2.75) is 17.0 Å². The van der Waals surface area contributed by atoms with Gasteiger partial charge >= 0.3 is 0 Å². The van der Waals surface area contributed by atoms with Crippen molar-refractivity contribution in [2.24, 2.45) is 0 Å². The van der Waals surface area contributed by atoms with Gasteiger partial charge in [-0.1, -0.05) is 53.4 Å². The average Bonchev–Trinajstić information content (AvgIpc) is 3.08. The van der Waals surface area contributed by atoms with E-state index >= 15 is 0 Å². The quantitative estimate of drug-likeness (QED) is 0.293. The lowest BCUT2D eigenvalue weighted by Gasteiger charge is -2.03. The van der Waals surface area contributed by atoms with Gasteiger partial charge < -0.3 is 0 Å². The molecule has 132 valence electrons. The molecule has 26 heavy (non-hydrogen) atoms. The second kappa shape index (κ2) is 8.07. The summed E-state index contributed by atoms with van der Waals surface area (Å²) in [7, 11) is 0. The second-order valence-corrected chi connectivity index (χ2v) is 7.56. The van der Waals surface area contributed by atoms with E-state index in [0.717, 1.165) is 10.1 Å². The van der Waals surface area contributed by atoms with Gasteiger partial charge in [0.05, 0.1) is 4.92 Å². The lowest BCUT2D eigenvalue weighted by atomic mass is 10.1. The highest BCUT2D eigenvalue weighted by molar-refractivity contribution is 8.00. The molecular weight excluding hydrogens is 372 g/mol. The van der Waals surface area contributed by atoms with E-state index in [1.165, 1.54) is 35.1 Å². The minimum Gasteiger partial charge on any atom is -0.296 e. The predicted molar refractivity (Wildman–Crippen MR) is 102 cm³/mol. The number of hydrogen-bond donors (Lipinski definition) is 1. The van der Waals surface area contributed by atoms with Gasteiger partial charge in [-0.05, 0) is 24.6 Å². The first-order chi connectivity index (χ1) is 12.5. The number of aryl methyl sites for hydroxylation is 1. The van der Waals surface area contributed by atoms with Crippen molar-refractivity contribution in [2.75, 3.05) is 5.32 Å². The molecule has 0 fully saturated rings. The SMILES string of the molecule is Cc1cc(C(=O)Nc2nnc(SCc3ccccc3)s2)ccc1[N+](=O)[O-]. The highest BCUT2D eigenvalue weighted by atomic mass is 32.2. The second-order valence-electron chi connectivity index (χ2n) is 5.36. The fourth-order valence-corrected chi connectivity index (χ4v) is 3.91. The third-order valence-electron chi connectivity index (χ3n) is 3.49. The molecule has 1 aromatic heterocycles. The predicted octanol–water partition coefficient (Wildman–Crippen LogP) is 4.30. The Morgan fingerprint density at radius 1 is 1.23 bits per heavy atom. The molecule has 1 amide bonds. The fourth-order valence-electron chi connectivity index (χ4n) is 2.21. The smallest absolute Gasteiger partial charge is 0.272 e. The van der Waals surface area contributed by atoms with Gasteiger partial charge in [-0.3, -0.25) is 20.2 Å². The van der Waals surface area contributed by atoms with Crippen LogP contribution in [0.5, 0.6) is 0 Å². The van der Waals surface area contributed by atoms with Gasteiger partial charge in [-0.25, -0.2) is 0 Å². The van der Waals surface area contributed by atoms with Crippen LogP contribution >= 0.6 is 23.1 Å². The Balaban J connectivity index is 1.62. The molecular formula is C17H14N4O3S2. The molecule has 0 saturated heterocycles. The Labute approximate surface area is 157 Å². The molecule has 2 aromatic carbocycles. The number of anilines is 1. The third kappa shape index (κ3) is 4.44. The van der Waals surface area contributed by atoms with Crippen LogP contribution in [0.2, 0.25) is 0 Å². The Morgan fingerprint density at radius 2 is 2.00 bits per heavy atom. The molecule has 0 spiro atoms. The Morgan fingerprint density at radius 3 is 2.69 bits per heavy atom. The number of carbonyl (C=O) groups is 1. The normalized spacial score (nSPS) is 10.5. The first-order valence-electron chi connectivity index (χ1n) is 7.59. The zero-order chi connectivity index (χ0) is 18.5. The van der Waals surface area contributed by atoms with E-state index < -0.39 is 4.92 Å². The zero-order valence-electron chi connectivity index (χ0n) is 13.7. The maximum Gasteiger partial charge on any atom is 0.272 e. The maximum absolute atomic E-state index is 12.3. The first-order valence-corrected chi connectivity index (χ1v) is 9.40. The Kier molecular flexibility index (Phi) is 5.59. The van der Waals surface area contributed by atoms with E-state index in [9.17, 15) is 14.9 Å². The molecule has 1 heterocycles. The van der Waals surface area contributed by atoms with Crippen LogP contribution in [0.15, 0.2) is 52.9 Å². The molecule has 0 aliphatic rings. The van der Waals surface area contributed by atoms with E-state index in [1.807, 2.05) is 30.3 Å². The molecule has 0 radical (unpaired) electrons. The van der Waals surface area contributed by atoms with Crippen LogP contribution in [0.25, 0.3) is 0 Å². The molecule has 0 unspecified atom stereocenters. The van der Waals surface area contributed by atoms with Gasteiger partial charge in [0.25, 0.3) is 11.6 Å². The van der Waals surface area contributed by atoms with Gasteiger partial charge in [0.1, 0.15) is 0 Å². The van der Waals surface area contributed by atoms with Crippen LogP contribution in [0.1, 0.15) is 21.5 Å².